The molecule has 36 heavy (non-hydrogen) atoms. The molecule has 5 rings (SSSR count). The Balaban J connectivity index is 1.39. The van der Waals surface area contributed by atoms with E-state index < -0.39 is 5.25 Å². The standard InChI is InChI=1S/C27H22Br2N4O2S/c1-16-2-4-17(5-3-16)22-14-23(18-6-8-19(28)9-7-18)33(31-22)27(30)36-24-15-25(34)32(26(24)35)21-12-10-20(29)11-13-21/h2-13,23-24,30H,14-15H2,1H3/t23-,24-/m1/s1. The number of benzene rings is 3. The molecule has 2 aliphatic heterocycles. The molecule has 2 atom stereocenters. The van der Waals surface area contributed by atoms with Gasteiger partial charge in [-0.05, 0) is 54.4 Å². The highest BCUT2D eigenvalue weighted by Crippen LogP contribution is 2.38. The number of anilines is 1. The lowest BCUT2D eigenvalue weighted by Gasteiger charge is -2.24. The lowest BCUT2D eigenvalue weighted by Crippen LogP contribution is -2.32. The number of rotatable bonds is 4. The molecule has 9 heteroatoms. The van der Waals surface area contributed by atoms with Gasteiger partial charge >= 0.3 is 0 Å². The van der Waals surface area contributed by atoms with Crippen LogP contribution in [0.1, 0.15) is 35.6 Å². The first-order valence-electron chi connectivity index (χ1n) is 11.4. The normalized spacial score (nSPS) is 19.7. The van der Waals surface area contributed by atoms with E-state index >= 15 is 0 Å². The summed E-state index contributed by atoms with van der Waals surface area (Å²) in [5, 5.41) is 14.9. The fourth-order valence-corrected chi connectivity index (χ4v) is 5.82. The molecule has 182 valence electrons. The van der Waals surface area contributed by atoms with E-state index in [1.54, 1.807) is 29.3 Å². The number of aryl methyl sites for hydroxylation is 1. The zero-order chi connectivity index (χ0) is 25.4. The van der Waals surface area contributed by atoms with Crippen molar-refractivity contribution in [2.45, 2.75) is 31.1 Å². The van der Waals surface area contributed by atoms with Crippen LogP contribution in [-0.2, 0) is 9.59 Å². The quantitative estimate of drug-likeness (QED) is 0.200. The van der Waals surface area contributed by atoms with Gasteiger partial charge in [-0.25, -0.2) is 9.91 Å². The lowest BCUT2D eigenvalue weighted by atomic mass is 9.98. The van der Waals surface area contributed by atoms with Gasteiger partial charge in [0, 0.05) is 21.8 Å². The summed E-state index contributed by atoms with van der Waals surface area (Å²) in [5.41, 5.74) is 4.63. The number of halogens is 2. The number of amides is 2. The zero-order valence-electron chi connectivity index (χ0n) is 19.3. The molecule has 1 N–H and O–H groups in total. The van der Waals surface area contributed by atoms with Crippen molar-refractivity contribution < 1.29 is 9.59 Å². The number of hydrogen-bond donors (Lipinski definition) is 1. The molecule has 0 saturated carbocycles. The smallest absolute Gasteiger partial charge is 0.247 e. The van der Waals surface area contributed by atoms with E-state index in [2.05, 4.69) is 44.0 Å². The molecule has 1 fully saturated rings. The van der Waals surface area contributed by atoms with Crippen molar-refractivity contribution in [1.29, 1.82) is 5.41 Å². The fourth-order valence-electron chi connectivity index (χ4n) is 4.31. The van der Waals surface area contributed by atoms with Gasteiger partial charge in [-0.3, -0.25) is 15.0 Å². The maximum Gasteiger partial charge on any atom is 0.247 e. The van der Waals surface area contributed by atoms with Gasteiger partial charge in [-0.1, -0.05) is 85.6 Å². The largest absolute Gasteiger partial charge is 0.277 e. The van der Waals surface area contributed by atoms with Gasteiger partial charge < -0.3 is 0 Å². The van der Waals surface area contributed by atoms with Crippen LogP contribution in [0.2, 0.25) is 0 Å². The first-order chi connectivity index (χ1) is 17.3. The van der Waals surface area contributed by atoms with Crippen LogP contribution in [0.4, 0.5) is 5.69 Å². The number of nitrogens with one attached hydrogen (secondary N) is 1. The van der Waals surface area contributed by atoms with Crippen molar-refractivity contribution in [3.63, 3.8) is 0 Å². The minimum absolute atomic E-state index is 0.0489. The maximum absolute atomic E-state index is 13.2. The van der Waals surface area contributed by atoms with Crippen molar-refractivity contribution in [1.82, 2.24) is 5.01 Å². The minimum atomic E-state index is -0.669. The van der Waals surface area contributed by atoms with Crippen LogP contribution in [0, 0.1) is 12.3 Å². The Kier molecular flexibility index (Phi) is 7.14. The average molecular weight is 626 g/mol. The van der Waals surface area contributed by atoms with Crippen molar-refractivity contribution in [3.05, 3.63) is 98.4 Å². The molecule has 0 bridgehead atoms. The second kappa shape index (κ2) is 10.3. The zero-order valence-corrected chi connectivity index (χ0v) is 23.3. The van der Waals surface area contributed by atoms with E-state index in [-0.39, 0.29) is 29.4 Å². The molecule has 2 amide bonds. The van der Waals surface area contributed by atoms with Gasteiger partial charge in [0.1, 0.15) is 5.25 Å². The highest BCUT2D eigenvalue weighted by Gasteiger charge is 2.42. The minimum Gasteiger partial charge on any atom is -0.277 e. The van der Waals surface area contributed by atoms with Gasteiger partial charge in [0.15, 0.2) is 5.17 Å². The first-order valence-corrected chi connectivity index (χ1v) is 13.8. The highest BCUT2D eigenvalue weighted by atomic mass is 79.9. The van der Waals surface area contributed by atoms with E-state index in [0.717, 1.165) is 37.5 Å². The summed E-state index contributed by atoms with van der Waals surface area (Å²) in [6.07, 6.45) is 0.684. The molecule has 0 aromatic heterocycles. The van der Waals surface area contributed by atoms with Crippen LogP contribution in [0.3, 0.4) is 0 Å². The molecule has 6 nitrogen and oxygen atoms in total. The van der Waals surface area contributed by atoms with Crippen LogP contribution >= 0.6 is 43.6 Å². The summed E-state index contributed by atoms with van der Waals surface area (Å²) in [4.78, 5) is 27.1. The Morgan fingerprint density at radius 2 is 1.53 bits per heavy atom. The van der Waals surface area contributed by atoms with Crippen LogP contribution in [0.15, 0.2) is 86.8 Å². The predicted molar refractivity (Wildman–Crippen MR) is 151 cm³/mol. The average Bonchev–Trinajstić information content (AvgIpc) is 3.42. The number of imide groups is 1. The van der Waals surface area contributed by atoms with Crippen molar-refractivity contribution in [2.24, 2.45) is 5.10 Å². The number of hydrazone groups is 1. The van der Waals surface area contributed by atoms with Crippen LogP contribution in [0.25, 0.3) is 0 Å². The van der Waals surface area contributed by atoms with Crippen molar-refractivity contribution in [2.75, 3.05) is 4.90 Å². The second-order valence-electron chi connectivity index (χ2n) is 8.69. The molecule has 2 aliphatic rings. The van der Waals surface area contributed by atoms with Crippen molar-refractivity contribution in [3.8, 4) is 0 Å². The number of amidine groups is 1. The maximum atomic E-state index is 13.2. The number of thioether (sulfide) groups is 1. The Morgan fingerprint density at radius 1 is 0.917 bits per heavy atom. The number of nitrogens with zero attached hydrogens (tertiary/aromatic N) is 3. The summed E-state index contributed by atoms with van der Waals surface area (Å²) in [7, 11) is 0. The molecular weight excluding hydrogens is 604 g/mol. The molecule has 0 unspecified atom stereocenters. The van der Waals surface area contributed by atoms with Gasteiger partial charge in [-0.2, -0.15) is 5.10 Å². The van der Waals surface area contributed by atoms with E-state index in [4.69, 9.17) is 10.5 Å². The molecule has 2 heterocycles. The Bertz CT molecular complexity index is 1360. The summed E-state index contributed by atoms with van der Waals surface area (Å²) in [6.45, 7) is 2.04. The summed E-state index contributed by atoms with van der Waals surface area (Å²) in [5.74, 6) is -0.568. The summed E-state index contributed by atoms with van der Waals surface area (Å²) < 4.78 is 1.84. The van der Waals surface area contributed by atoms with E-state index in [1.807, 2.05) is 43.3 Å². The van der Waals surface area contributed by atoms with Crippen LogP contribution < -0.4 is 4.90 Å². The van der Waals surface area contributed by atoms with Crippen LogP contribution in [0.5, 0.6) is 0 Å². The molecule has 0 spiro atoms. The fraction of sp³-hybridized carbons (Fsp3) is 0.185. The summed E-state index contributed by atoms with van der Waals surface area (Å²) >= 11 is 7.96. The van der Waals surface area contributed by atoms with E-state index in [0.29, 0.717) is 12.1 Å². The van der Waals surface area contributed by atoms with Crippen molar-refractivity contribution >= 4 is 72.0 Å². The highest BCUT2D eigenvalue weighted by molar-refractivity contribution is 9.10. The number of carbonyl (C=O) groups excluding carboxylic acids is 2. The van der Waals surface area contributed by atoms with Gasteiger partial charge in [0.05, 0.1) is 17.4 Å². The molecule has 3 aromatic rings. The third kappa shape index (κ3) is 5.05. The van der Waals surface area contributed by atoms with E-state index in [1.165, 1.54) is 10.5 Å². The molecule has 3 aromatic carbocycles. The lowest BCUT2D eigenvalue weighted by molar-refractivity contribution is -0.121. The number of carbonyl (C=O) groups is 2. The Labute approximate surface area is 230 Å². The van der Waals surface area contributed by atoms with E-state index in [9.17, 15) is 9.59 Å². The Hall–Kier alpha value is -2.75. The van der Waals surface area contributed by atoms with Gasteiger partial charge in [0.25, 0.3) is 0 Å². The first kappa shape index (κ1) is 24.9. The van der Waals surface area contributed by atoms with Gasteiger partial charge in [0.2, 0.25) is 11.8 Å². The molecule has 0 radical (unpaired) electrons. The monoisotopic (exact) mass is 624 g/mol. The molecule has 0 aliphatic carbocycles. The molecular formula is C27H22Br2N4O2S. The summed E-state index contributed by atoms with van der Waals surface area (Å²) in [6, 6.07) is 23.1. The third-order valence-electron chi connectivity index (χ3n) is 6.20. The van der Waals surface area contributed by atoms with Gasteiger partial charge in [-0.15, -0.1) is 0 Å². The number of hydrogen-bond acceptors (Lipinski definition) is 5. The predicted octanol–water partition coefficient (Wildman–Crippen LogP) is 6.67. The molecule has 1 saturated heterocycles. The topological polar surface area (TPSA) is 76.8 Å². The second-order valence-corrected chi connectivity index (χ2v) is 11.7. The third-order valence-corrected chi connectivity index (χ3v) is 8.32. The Morgan fingerprint density at radius 3 is 2.17 bits per heavy atom. The SMILES string of the molecule is Cc1ccc(C2=NN(C(=N)S[C@@H]3CC(=O)N(c4ccc(Br)cc4)C3=O)[C@@H](c3ccc(Br)cc3)C2)cc1. The van der Waals surface area contributed by atoms with Crippen LogP contribution in [-0.4, -0.2) is 33.0 Å².